The third-order valence-electron chi connectivity index (χ3n) is 5.89. The number of methoxy groups -OCH3 is 2. The molecule has 1 saturated heterocycles. The highest BCUT2D eigenvalue weighted by Gasteiger charge is 2.27. The van der Waals surface area contributed by atoms with Gasteiger partial charge in [-0.15, -0.1) is 0 Å². The number of amides is 2. The number of para-hydroxylation sites is 1. The molecule has 2 amide bonds. The summed E-state index contributed by atoms with van der Waals surface area (Å²) in [6.07, 6.45) is 1.90. The fourth-order valence-electron chi connectivity index (χ4n) is 4.18. The number of benzene rings is 2. The summed E-state index contributed by atoms with van der Waals surface area (Å²) in [6.45, 7) is 1.15. The standard InChI is InChI=1S/C24H26N2O6/c1-30-20-12-16-9-11-25(14-17(16)13-21(20)31-2)23(28)15-32-24(29)18-6-3-4-7-19(18)26-10-5-8-22(26)27/h3-4,6-7,12-13H,5,8-11,14-15H2,1-2H3. The Labute approximate surface area is 186 Å². The average Bonchev–Trinajstić information content (AvgIpc) is 3.26. The summed E-state index contributed by atoms with van der Waals surface area (Å²) in [5.74, 6) is 0.376. The summed E-state index contributed by atoms with van der Waals surface area (Å²) in [5.41, 5.74) is 2.90. The maximum Gasteiger partial charge on any atom is 0.340 e. The molecule has 0 unspecified atom stereocenters. The number of rotatable bonds is 6. The van der Waals surface area contributed by atoms with Gasteiger partial charge in [0.1, 0.15) is 0 Å². The molecular formula is C24H26N2O6. The van der Waals surface area contributed by atoms with Crippen LogP contribution < -0.4 is 14.4 Å². The van der Waals surface area contributed by atoms with E-state index < -0.39 is 5.97 Å². The number of fused-ring (bicyclic) bond motifs is 1. The van der Waals surface area contributed by atoms with E-state index in [4.69, 9.17) is 14.2 Å². The molecule has 8 nitrogen and oxygen atoms in total. The Morgan fingerprint density at radius 3 is 2.38 bits per heavy atom. The predicted molar refractivity (Wildman–Crippen MR) is 117 cm³/mol. The van der Waals surface area contributed by atoms with Crippen LogP contribution in [-0.4, -0.2) is 56.6 Å². The SMILES string of the molecule is COc1cc2c(cc1OC)CN(C(=O)COC(=O)c1ccccc1N1CCCC1=O)CC2. The summed E-state index contributed by atoms with van der Waals surface area (Å²) in [7, 11) is 3.16. The van der Waals surface area contributed by atoms with Crippen molar-refractivity contribution in [3.05, 3.63) is 53.1 Å². The van der Waals surface area contributed by atoms with E-state index in [1.807, 2.05) is 12.1 Å². The number of esters is 1. The summed E-state index contributed by atoms with van der Waals surface area (Å²) in [6, 6.07) is 10.6. The molecule has 0 spiro atoms. The quantitative estimate of drug-likeness (QED) is 0.645. The van der Waals surface area contributed by atoms with E-state index in [2.05, 4.69) is 0 Å². The van der Waals surface area contributed by atoms with Gasteiger partial charge < -0.3 is 24.0 Å². The Hall–Kier alpha value is -3.55. The van der Waals surface area contributed by atoms with Crippen molar-refractivity contribution in [1.82, 2.24) is 4.90 Å². The third-order valence-corrected chi connectivity index (χ3v) is 5.89. The van der Waals surface area contributed by atoms with Gasteiger partial charge in [0.15, 0.2) is 18.1 Å². The molecule has 0 N–H and O–H groups in total. The van der Waals surface area contributed by atoms with Gasteiger partial charge in [-0.05, 0) is 48.2 Å². The first-order valence-electron chi connectivity index (χ1n) is 10.6. The van der Waals surface area contributed by atoms with E-state index in [0.29, 0.717) is 49.7 Å². The van der Waals surface area contributed by atoms with Crippen molar-refractivity contribution in [2.75, 3.05) is 38.8 Å². The summed E-state index contributed by atoms with van der Waals surface area (Å²) in [5, 5.41) is 0. The van der Waals surface area contributed by atoms with E-state index in [-0.39, 0.29) is 24.0 Å². The Morgan fingerprint density at radius 2 is 1.69 bits per heavy atom. The topological polar surface area (TPSA) is 85.4 Å². The lowest BCUT2D eigenvalue weighted by molar-refractivity contribution is -0.135. The Bertz CT molecular complexity index is 1050. The van der Waals surface area contributed by atoms with Crippen LogP contribution in [0.15, 0.2) is 36.4 Å². The summed E-state index contributed by atoms with van der Waals surface area (Å²) >= 11 is 0. The van der Waals surface area contributed by atoms with Crippen molar-refractivity contribution in [1.29, 1.82) is 0 Å². The van der Waals surface area contributed by atoms with E-state index in [9.17, 15) is 14.4 Å². The van der Waals surface area contributed by atoms with Crippen LogP contribution in [0.5, 0.6) is 11.5 Å². The minimum atomic E-state index is -0.613. The maximum atomic E-state index is 12.7. The van der Waals surface area contributed by atoms with Crippen LogP contribution in [-0.2, 0) is 27.3 Å². The highest BCUT2D eigenvalue weighted by Crippen LogP contribution is 2.33. The number of carbonyl (C=O) groups is 3. The lowest BCUT2D eigenvalue weighted by atomic mass is 9.99. The van der Waals surface area contributed by atoms with Gasteiger partial charge in [0.05, 0.1) is 25.5 Å². The van der Waals surface area contributed by atoms with Gasteiger partial charge in [-0.2, -0.15) is 0 Å². The Balaban J connectivity index is 1.41. The molecule has 0 aromatic heterocycles. The monoisotopic (exact) mass is 438 g/mol. The zero-order valence-electron chi connectivity index (χ0n) is 18.3. The first-order valence-corrected chi connectivity index (χ1v) is 10.6. The lowest BCUT2D eigenvalue weighted by Gasteiger charge is -2.29. The lowest BCUT2D eigenvalue weighted by Crippen LogP contribution is -2.38. The molecular weight excluding hydrogens is 412 g/mol. The normalized spacial score (nSPS) is 15.4. The zero-order valence-corrected chi connectivity index (χ0v) is 18.3. The maximum absolute atomic E-state index is 12.7. The fourth-order valence-corrected chi connectivity index (χ4v) is 4.18. The van der Waals surface area contributed by atoms with Crippen molar-refractivity contribution < 1.29 is 28.6 Å². The van der Waals surface area contributed by atoms with Gasteiger partial charge in [-0.1, -0.05) is 12.1 Å². The predicted octanol–water partition coefficient (Wildman–Crippen LogP) is 2.57. The van der Waals surface area contributed by atoms with Gasteiger partial charge in [0, 0.05) is 26.1 Å². The van der Waals surface area contributed by atoms with Crippen molar-refractivity contribution in [2.24, 2.45) is 0 Å². The van der Waals surface area contributed by atoms with Crippen molar-refractivity contribution in [2.45, 2.75) is 25.8 Å². The average molecular weight is 438 g/mol. The first kappa shape index (κ1) is 21.7. The highest BCUT2D eigenvalue weighted by molar-refractivity contribution is 6.03. The first-order chi connectivity index (χ1) is 15.5. The van der Waals surface area contributed by atoms with Gasteiger partial charge in [-0.25, -0.2) is 4.79 Å². The van der Waals surface area contributed by atoms with Crippen LogP contribution in [0.25, 0.3) is 0 Å². The molecule has 2 aromatic carbocycles. The van der Waals surface area contributed by atoms with Gasteiger partial charge in [0.2, 0.25) is 5.91 Å². The zero-order chi connectivity index (χ0) is 22.7. The molecule has 4 rings (SSSR count). The third kappa shape index (κ3) is 4.26. The number of anilines is 1. The Kier molecular flexibility index (Phi) is 6.30. The molecule has 2 aromatic rings. The van der Waals surface area contributed by atoms with E-state index >= 15 is 0 Å². The minimum Gasteiger partial charge on any atom is -0.493 e. The molecule has 2 aliphatic rings. The van der Waals surface area contributed by atoms with E-state index in [0.717, 1.165) is 17.5 Å². The highest BCUT2D eigenvalue weighted by atomic mass is 16.5. The van der Waals surface area contributed by atoms with Crippen LogP contribution in [0, 0.1) is 0 Å². The molecule has 32 heavy (non-hydrogen) atoms. The molecule has 0 aliphatic carbocycles. The van der Waals surface area contributed by atoms with Crippen LogP contribution in [0.1, 0.15) is 34.3 Å². The molecule has 8 heteroatoms. The van der Waals surface area contributed by atoms with Crippen molar-refractivity contribution in [3.8, 4) is 11.5 Å². The Morgan fingerprint density at radius 1 is 0.969 bits per heavy atom. The molecule has 0 bridgehead atoms. The van der Waals surface area contributed by atoms with E-state index in [1.165, 1.54) is 0 Å². The molecule has 2 aliphatic heterocycles. The van der Waals surface area contributed by atoms with Crippen molar-refractivity contribution >= 4 is 23.5 Å². The van der Waals surface area contributed by atoms with Crippen LogP contribution in [0.2, 0.25) is 0 Å². The van der Waals surface area contributed by atoms with Gasteiger partial charge in [-0.3, -0.25) is 9.59 Å². The van der Waals surface area contributed by atoms with Crippen LogP contribution in [0.4, 0.5) is 5.69 Å². The number of ether oxygens (including phenoxy) is 3. The number of hydrogen-bond acceptors (Lipinski definition) is 6. The molecule has 0 radical (unpaired) electrons. The summed E-state index contributed by atoms with van der Waals surface area (Å²) < 4.78 is 16.0. The molecule has 0 saturated carbocycles. The second kappa shape index (κ2) is 9.30. The second-order valence-electron chi connectivity index (χ2n) is 7.78. The fraction of sp³-hybridized carbons (Fsp3) is 0.375. The van der Waals surface area contributed by atoms with Gasteiger partial charge in [0.25, 0.3) is 5.91 Å². The second-order valence-corrected chi connectivity index (χ2v) is 7.78. The molecule has 2 heterocycles. The van der Waals surface area contributed by atoms with Gasteiger partial charge >= 0.3 is 5.97 Å². The minimum absolute atomic E-state index is 0.0135. The summed E-state index contributed by atoms with van der Waals surface area (Å²) in [4.78, 5) is 40.8. The van der Waals surface area contributed by atoms with E-state index in [1.54, 1.807) is 48.3 Å². The number of hydrogen-bond donors (Lipinski definition) is 0. The van der Waals surface area contributed by atoms with Crippen LogP contribution >= 0.6 is 0 Å². The van der Waals surface area contributed by atoms with Crippen LogP contribution in [0.3, 0.4) is 0 Å². The molecule has 168 valence electrons. The number of nitrogens with zero attached hydrogens (tertiary/aromatic N) is 2. The molecule has 1 fully saturated rings. The smallest absolute Gasteiger partial charge is 0.340 e. The largest absolute Gasteiger partial charge is 0.493 e. The van der Waals surface area contributed by atoms with Crippen molar-refractivity contribution in [3.63, 3.8) is 0 Å². The molecule has 0 atom stereocenters. The number of carbonyl (C=O) groups excluding carboxylic acids is 3.